The van der Waals surface area contributed by atoms with Gasteiger partial charge in [0.25, 0.3) is 0 Å². The standard InChI is InChI=1S/C46H24N6/c47-25-29-16-30(26-48)19-36(18-29)34-12-15-45-42(23-34)41-22-33(11-14-44(41)52(45)38-20-31(27-49)17-32(21-38)28-50)35-10-13-40-39-8-4-5-9-43(39)51(46(40)24-35)37-6-2-1-3-7-37/h1-24H. The van der Waals surface area contributed by atoms with Crippen LogP contribution in [-0.4, -0.2) is 9.13 Å². The first-order valence-corrected chi connectivity index (χ1v) is 16.7. The number of rotatable bonds is 4. The predicted octanol–water partition coefficient (Wildman–Crippen LogP) is 10.7. The van der Waals surface area contributed by atoms with E-state index in [1.165, 1.54) is 10.8 Å². The third-order valence-electron chi connectivity index (χ3n) is 9.75. The molecule has 0 spiro atoms. The average Bonchev–Trinajstić information content (AvgIpc) is 3.72. The monoisotopic (exact) mass is 660 g/mol. The lowest BCUT2D eigenvalue weighted by molar-refractivity contribution is 1.17. The zero-order chi connectivity index (χ0) is 35.3. The maximum Gasteiger partial charge on any atom is 0.0992 e. The fourth-order valence-electron chi connectivity index (χ4n) is 7.46. The molecule has 238 valence electrons. The highest BCUT2D eigenvalue weighted by Gasteiger charge is 2.18. The second kappa shape index (κ2) is 11.9. The Morgan fingerprint density at radius 1 is 0.308 bits per heavy atom. The van der Waals surface area contributed by atoms with Crippen LogP contribution in [0.4, 0.5) is 0 Å². The maximum atomic E-state index is 9.81. The number of hydrogen-bond acceptors (Lipinski definition) is 4. The number of para-hydroxylation sites is 2. The molecule has 6 nitrogen and oxygen atoms in total. The highest BCUT2D eigenvalue weighted by molar-refractivity contribution is 6.13. The summed E-state index contributed by atoms with van der Waals surface area (Å²) in [4.78, 5) is 0. The molecule has 52 heavy (non-hydrogen) atoms. The quantitative estimate of drug-likeness (QED) is 0.187. The fraction of sp³-hybridized carbons (Fsp3) is 0. The summed E-state index contributed by atoms with van der Waals surface area (Å²) >= 11 is 0. The summed E-state index contributed by atoms with van der Waals surface area (Å²) in [6, 6.07) is 57.1. The van der Waals surface area contributed by atoms with Crippen molar-refractivity contribution in [2.45, 2.75) is 0 Å². The number of nitriles is 4. The molecule has 0 bridgehead atoms. The molecule has 0 unspecified atom stereocenters. The molecule has 2 heterocycles. The van der Waals surface area contributed by atoms with Crippen molar-refractivity contribution in [1.82, 2.24) is 9.13 Å². The summed E-state index contributed by atoms with van der Waals surface area (Å²) in [5, 5.41) is 43.3. The molecule has 7 aromatic carbocycles. The van der Waals surface area contributed by atoms with E-state index in [1.807, 2.05) is 18.2 Å². The molecule has 0 aliphatic carbocycles. The van der Waals surface area contributed by atoms with Gasteiger partial charge in [-0.25, -0.2) is 0 Å². The first-order chi connectivity index (χ1) is 25.6. The highest BCUT2D eigenvalue weighted by Crippen LogP contribution is 2.39. The summed E-state index contributed by atoms with van der Waals surface area (Å²) in [7, 11) is 0. The molecular formula is C46H24N6. The van der Waals surface area contributed by atoms with Gasteiger partial charge in [-0.1, -0.05) is 60.7 Å². The topological polar surface area (TPSA) is 105 Å². The Morgan fingerprint density at radius 2 is 0.769 bits per heavy atom. The third kappa shape index (κ3) is 4.77. The summed E-state index contributed by atoms with van der Waals surface area (Å²) in [6.45, 7) is 0. The van der Waals surface area contributed by atoms with Gasteiger partial charge in [-0.2, -0.15) is 21.0 Å². The van der Waals surface area contributed by atoms with Gasteiger partial charge in [0.05, 0.1) is 68.6 Å². The molecule has 2 aromatic heterocycles. The van der Waals surface area contributed by atoms with Gasteiger partial charge in [0.2, 0.25) is 0 Å². The molecule has 0 aliphatic heterocycles. The maximum absolute atomic E-state index is 9.81. The summed E-state index contributed by atoms with van der Waals surface area (Å²) < 4.78 is 4.40. The first kappa shape index (κ1) is 30.2. The normalized spacial score (nSPS) is 11.0. The molecule has 0 fully saturated rings. The lowest BCUT2D eigenvalue weighted by Gasteiger charge is -2.10. The third-order valence-corrected chi connectivity index (χ3v) is 9.75. The van der Waals surface area contributed by atoms with Crippen molar-refractivity contribution in [3.63, 3.8) is 0 Å². The van der Waals surface area contributed by atoms with Crippen LogP contribution in [0.25, 0.3) is 77.2 Å². The summed E-state index contributed by atoms with van der Waals surface area (Å²) in [6.07, 6.45) is 0. The van der Waals surface area contributed by atoms with Crippen LogP contribution in [0.3, 0.4) is 0 Å². The Morgan fingerprint density at radius 3 is 1.38 bits per heavy atom. The summed E-state index contributed by atoms with van der Waals surface area (Å²) in [5.41, 5.74) is 11.2. The van der Waals surface area contributed by atoms with Gasteiger partial charge in [-0.3, -0.25) is 0 Å². The lowest BCUT2D eigenvalue weighted by Crippen LogP contribution is -1.96. The van der Waals surface area contributed by atoms with E-state index in [2.05, 4.69) is 124 Å². The Labute approximate surface area is 298 Å². The molecule has 0 saturated heterocycles. The van der Waals surface area contributed by atoms with Crippen LogP contribution in [0, 0.1) is 45.3 Å². The van der Waals surface area contributed by atoms with Crippen molar-refractivity contribution < 1.29 is 0 Å². The van der Waals surface area contributed by atoms with Crippen LogP contribution in [-0.2, 0) is 0 Å². The number of fused-ring (bicyclic) bond motifs is 6. The van der Waals surface area contributed by atoms with E-state index in [4.69, 9.17) is 0 Å². The fourth-order valence-corrected chi connectivity index (χ4v) is 7.46. The molecular weight excluding hydrogens is 637 g/mol. The Hall–Kier alpha value is -7.90. The number of hydrogen-bond donors (Lipinski definition) is 0. The SMILES string of the molecule is N#Cc1cc(C#N)cc(-c2ccc3c(c2)c2cc(-c4ccc5c6ccccc6n(-c6ccccc6)c5c4)ccc2n3-c2cc(C#N)cc(C#N)c2)c1. The van der Waals surface area contributed by atoms with Crippen LogP contribution >= 0.6 is 0 Å². The van der Waals surface area contributed by atoms with Gasteiger partial charge < -0.3 is 9.13 Å². The minimum atomic E-state index is 0.400. The van der Waals surface area contributed by atoms with E-state index in [9.17, 15) is 21.0 Å². The van der Waals surface area contributed by atoms with Gasteiger partial charge in [-0.05, 0) is 107 Å². The summed E-state index contributed by atoms with van der Waals surface area (Å²) in [5.74, 6) is 0. The van der Waals surface area contributed by atoms with Crippen LogP contribution < -0.4 is 0 Å². The van der Waals surface area contributed by atoms with E-state index in [0.717, 1.165) is 60.8 Å². The van der Waals surface area contributed by atoms with Gasteiger partial charge in [-0.15, -0.1) is 0 Å². The van der Waals surface area contributed by atoms with Crippen LogP contribution in [0.5, 0.6) is 0 Å². The van der Waals surface area contributed by atoms with E-state index < -0.39 is 0 Å². The number of nitrogens with zero attached hydrogens (tertiary/aromatic N) is 6. The first-order valence-electron chi connectivity index (χ1n) is 16.7. The molecule has 9 aromatic rings. The van der Waals surface area contributed by atoms with Crippen LogP contribution in [0.2, 0.25) is 0 Å². The van der Waals surface area contributed by atoms with Gasteiger partial charge >= 0.3 is 0 Å². The second-order valence-corrected chi connectivity index (χ2v) is 12.7. The van der Waals surface area contributed by atoms with Crippen molar-refractivity contribution in [3.05, 3.63) is 168 Å². The van der Waals surface area contributed by atoms with Gasteiger partial charge in [0.15, 0.2) is 0 Å². The molecule has 0 atom stereocenters. The van der Waals surface area contributed by atoms with Gasteiger partial charge in [0.1, 0.15) is 0 Å². The van der Waals surface area contributed by atoms with E-state index >= 15 is 0 Å². The van der Waals surface area contributed by atoms with Crippen molar-refractivity contribution >= 4 is 43.6 Å². The molecule has 0 saturated carbocycles. The average molecular weight is 661 g/mol. The molecule has 9 rings (SSSR count). The van der Waals surface area contributed by atoms with Crippen molar-refractivity contribution in [3.8, 4) is 57.9 Å². The molecule has 6 heteroatoms. The molecule has 0 radical (unpaired) electrons. The van der Waals surface area contributed by atoms with Gasteiger partial charge in [0, 0.05) is 32.9 Å². The molecule has 0 N–H and O–H groups in total. The number of benzene rings is 7. The van der Waals surface area contributed by atoms with E-state index in [1.54, 1.807) is 36.4 Å². The predicted molar refractivity (Wildman–Crippen MR) is 205 cm³/mol. The largest absolute Gasteiger partial charge is 0.309 e. The Bertz CT molecular complexity index is 3050. The molecule has 0 amide bonds. The van der Waals surface area contributed by atoms with Crippen molar-refractivity contribution in [2.75, 3.05) is 0 Å². The minimum absolute atomic E-state index is 0.400. The Balaban J connectivity index is 1.31. The zero-order valence-electron chi connectivity index (χ0n) is 27.5. The smallest absolute Gasteiger partial charge is 0.0992 e. The van der Waals surface area contributed by atoms with E-state index in [0.29, 0.717) is 27.9 Å². The van der Waals surface area contributed by atoms with Crippen LogP contribution in [0.1, 0.15) is 22.3 Å². The number of aromatic nitrogens is 2. The van der Waals surface area contributed by atoms with Crippen LogP contribution in [0.15, 0.2) is 146 Å². The Kier molecular flexibility index (Phi) is 6.91. The van der Waals surface area contributed by atoms with Crippen molar-refractivity contribution in [1.29, 1.82) is 21.0 Å². The highest BCUT2D eigenvalue weighted by atomic mass is 15.0. The zero-order valence-corrected chi connectivity index (χ0v) is 27.5. The second-order valence-electron chi connectivity index (χ2n) is 12.7. The minimum Gasteiger partial charge on any atom is -0.309 e. The lowest BCUT2D eigenvalue weighted by atomic mass is 9.98. The van der Waals surface area contributed by atoms with E-state index in [-0.39, 0.29) is 0 Å². The van der Waals surface area contributed by atoms with Crippen molar-refractivity contribution in [2.24, 2.45) is 0 Å². The molecule has 0 aliphatic rings.